The minimum absolute atomic E-state index is 0.158. The fourth-order valence-corrected chi connectivity index (χ4v) is 7.00. The molecule has 3 aliphatic heterocycles. The van der Waals surface area contributed by atoms with Gasteiger partial charge in [-0.2, -0.15) is 0 Å². The van der Waals surface area contributed by atoms with E-state index in [0.717, 1.165) is 44.7 Å². The van der Waals surface area contributed by atoms with Gasteiger partial charge in [-0.3, -0.25) is 14.8 Å². The van der Waals surface area contributed by atoms with Gasteiger partial charge in [0.15, 0.2) is 5.72 Å². The van der Waals surface area contributed by atoms with Gasteiger partial charge in [0.05, 0.1) is 38.8 Å². The second-order valence-electron chi connectivity index (χ2n) is 9.04. The summed E-state index contributed by atoms with van der Waals surface area (Å²) >= 11 is 5.91. The van der Waals surface area contributed by atoms with Gasteiger partial charge in [-0.1, -0.05) is 11.6 Å². The van der Waals surface area contributed by atoms with E-state index in [9.17, 15) is 9.32 Å². The molecular formula is C21H24ClN7O2S. The second-order valence-corrected chi connectivity index (χ2v) is 11.0. The van der Waals surface area contributed by atoms with Crippen molar-refractivity contribution in [2.24, 2.45) is 11.7 Å². The zero-order chi connectivity index (χ0) is 22.0. The molecule has 0 amide bonds. The van der Waals surface area contributed by atoms with Gasteiger partial charge in [0.1, 0.15) is 12.0 Å². The Balaban J connectivity index is 1.16. The van der Waals surface area contributed by atoms with Gasteiger partial charge in [-0.15, -0.1) is 0 Å². The number of halogens is 1. The van der Waals surface area contributed by atoms with Gasteiger partial charge in [0, 0.05) is 50.3 Å². The van der Waals surface area contributed by atoms with E-state index >= 15 is 0 Å². The summed E-state index contributed by atoms with van der Waals surface area (Å²) < 4.78 is 12.5. The fourth-order valence-electron chi connectivity index (χ4n) is 5.47. The van der Waals surface area contributed by atoms with E-state index in [-0.39, 0.29) is 12.0 Å². The van der Waals surface area contributed by atoms with Crippen molar-refractivity contribution in [1.29, 1.82) is 0 Å². The number of anilines is 1. The molecule has 11 heteroatoms. The molecule has 1 saturated carbocycles. The van der Waals surface area contributed by atoms with E-state index in [1.54, 1.807) is 12.4 Å². The highest BCUT2D eigenvalue weighted by Crippen LogP contribution is 2.45. The third kappa shape index (κ3) is 3.19. The average Bonchev–Trinajstić information content (AvgIpc) is 3.41. The van der Waals surface area contributed by atoms with Crippen molar-refractivity contribution >= 4 is 28.3 Å². The van der Waals surface area contributed by atoms with Crippen LogP contribution in [0.2, 0.25) is 5.02 Å². The highest BCUT2D eigenvalue weighted by molar-refractivity contribution is 7.85. The quantitative estimate of drug-likeness (QED) is 0.485. The molecule has 3 unspecified atom stereocenters. The van der Waals surface area contributed by atoms with E-state index < -0.39 is 16.5 Å². The summed E-state index contributed by atoms with van der Waals surface area (Å²) in [6, 6.07) is 0.163. The molecule has 32 heavy (non-hydrogen) atoms. The van der Waals surface area contributed by atoms with E-state index in [4.69, 9.17) is 17.3 Å². The lowest BCUT2D eigenvalue weighted by Crippen LogP contribution is -2.59. The minimum atomic E-state index is -1.62. The lowest BCUT2D eigenvalue weighted by Gasteiger charge is -2.49. The summed E-state index contributed by atoms with van der Waals surface area (Å²) in [6.07, 6.45) is 7.11. The van der Waals surface area contributed by atoms with Crippen LogP contribution in [0.4, 0.5) is 5.95 Å². The Bertz CT molecular complexity index is 1120. The maximum atomic E-state index is 12.5. The monoisotopic (exact) mass is 473 g/mol. The summed E-state index contributed by atoms with van der Waals surface area (Å²) in [5.74, 6) is 1.05. The first-order valence-electron chi connectivity index (χ1n) is 10.8. The summed E-state index contributed by atoms with van der Waals surface area (Å²) in [6.45, 7) is 3.31. The average molecular weight is 474 g/mol. The first-order valence-corrected chi connectivity index (χ1v) is 12.5. The van der Waals surface area contributed by atoms with Crippen molar-refractivity contribution in [3.05, 3.63) is 46.3 Å². The van der Waals surface area contributed by atoms with E-state index in [0.29, 0.717) is 33.7 Å². The number of fused-ring (bicyclic) bond motifs is 1. The highest BCUT2D eigenvalue weighted by atomic mass is 35.5. The Morgan fingerprint density at radius 1 is 1.09 bits per heavy atom. The van der Waals surface area contributed by atoms with E-state index in [2.05, 4.69) is 29.7 Å². The molecule has 1 aliphatic carbocycles. The van der Waals surface area contributed by atoms with Gasteiger partial charge in [0.25, 0.3) is 0 Å². The Kier molecular flexibility index (Phi) is 4.85. The SMILES string of the molecule is N[C@](O)(c1ncnc2c1S(=O)CC2)C1CCC1N1CC2=C(CN(c3ncc(Cl)cn3)C2)C1. The van der Waals surface area contributed by atoms with Gasteiger partial charge in [-0.25, -0.2) is 19.9 Å². The van der Waals surface area contributed by atoms with Crippen LogP contribution in [0.1, 0.15) is 24.2 Å². The number of nitrogens with two attached hydrogens (primary N) is 1. The molecule has 2 aromatic rings. The van der Waals surface area contributed by atoms with Crippen molar-refractivity contribution in [3.8, 4) is 0 Å². The Hall–Kier alpha value is -1.98. The summed E-state index contributed by atoms with van der Waals surface area (Å²) in [5.41, 5.74) is 8.77. The van der Waals surface area contributed by atoms with Crippen molar-refractivity contribution in [2.45, 2.75) is 35.9 Å². The summed E-state index contributed by atoms with van der Waals surface area (Å²) in [7, 11) is -1.20. The Labute approximate surface area is 193 Å². The topological polar surface area (TPSA) is 121 Å². The molecule has 168 valence electrons. The van der Waals surface area contributed by atoms with Gasteiger partial charge < -0.3 is 10.0 Å². The Morgan fingerprint density at radius 2 is 1.81 bits per heavy atom. The predicted molar refractivity (Wildman–Crippen MR) is 119 cm³/mol. The zero-order valence-corrected chi connectivity index (χ0v) is 19.0. The van der Waals surface area contributed by atoms with Crippen LogP contribution in [-0.4, -0.2) is 72.1 Å². The first kappa shape index (κ1) is 20.6. The number of hydrogen-bond donors (Lipinski definition) is 2. The molecule has 2 aromatic heterocycles. The lowest BCUT2D eigenvalue weighted by molar-refractivity contribution is -0.101. The van der Waals surface area contributed by atoms with Crippen LogP contribution in [0.3, 0.4) is 0 Å². The van der Waals surface area contributed by atoms with Crippen molar-refractivity contribution < 1.29 is 9.32 Å². The number of aryl methyl sites for hydroxylation is 1. The van der Waals surface area contributed by atoms with Crippen LogP contribution >= 0.6 is 11.6 Å². The predicted octanol–water partition coefficient (Wildman–Crippen LogP) is 0.598. The molecule has 0 spiro atoms. The molecule has 3 N–H and O–H groups in total. The molecule has 0 aromatic carbocycles. The van der Waals surface area contributed by atoms with Gasteiger partial charge in [0.2, 0.25) is 5.95 Å². The van der Waals surface area contributed by atoms with Crippen LogP contribution in [0.15, 0.2) is 34.8 Å². The molecular weight excluding hydrogens is 450 g/mol. The molecule has 1 fully saturated rings. The Morgan fingerprint density at radius 3 is 2.47 bits per heavy atom. The van der Waals surface area contributed by atoms with Gasteiger partial charge in [-0.05, 0) is 24.0 Å². The van der Waals surface area contributed by atoms with Crippen LogP contribution in [0.5, 0.6) is 0 Å². The number of aliphatic hydroxyl groups is 1. The molecule has 9 nitrogen and oxygen atoms in total. The third-order valence-electron chi connectivity index (χ3n) is 7.22. The lowest BCUT2D eigenvalue weighted by atomic mass is 9.71. The number of rotatable bonds is 4. The van der Waals surface area contributed by atoms with E-state index in [1.165, 1.54) is 17.5 Å². The normalized spacial score (nSPS) is 29.1. The third-order valence-corrected chi connectivity index (χ3v) is 8.88. The highest BCUT2D eigenvalue weighted by Gasteiger charge is 2.51. The molecule has 6 rings (SSSR count). The van der Waals surface area contributed by atoms with Crippen LogP contribution < -0.4 is 10.6 Å². The standard InChI is InChI=1S/C21H24ClN7O2S/c22-14-5-24-20(25-6-14)29-9-12-7-28(8-13(12)10-29)17-2-1-15(17)21(23,30)19-18-16(26-11-27-19)3-4-32(18)31/h5-6,11,15,17,30H,1-4,7-10,23H2/t15?,17?,21-,32?/m1/s1. The minimum Gasteiger partial charge on any atom is -0.370 e. The van der Waals surface area contributed by atoms with Crippen LogP contribution in [0, 0.1) is 5.92 Å². The van der Waals surface area contributed by atoms with Crippen LogP contribution in [0.25, 0.3) is 0 Å². The first-order chi connectivity index (χ1) is 15.4. The fraction of sp³-hybridized carbons (Fsp3) is 0.524. The second kappa shape index (κ2) is 7.53. The smallest absolute Gasteiger partial charge is 0.225 e. The zero-order valence-electron chi connectivity index (χ0n) is 17.4. The molecule has 4 aliphatic rings. The van der Waals surface area contributed by atoms with E-state index in [1.807, 2.05) is 0 Å². The largest absolute Gasteiger partial charge is 0.370 e. The molecule has 0 radical (unpaired) electrons. The summed E-state index contributed by atoms with van der Waals surface area (Å²) in [5, 5.41) is 11.9. The van der Waals surface area contributed by atoms with Crippen LogP contribution in [-0.2, 0) is 22.9 Å². The number of aromatic nitrogens is 4. The van der Waals surface area contributed by atoms with Crippen molar-refractivity contribution in [1.82, 2.24) is 24.8 Å². The molecule has 5 heterocycles. The number of nitrogens with zero attached hydrogens (tertiary/aromatic N) is 6. The molecule has 0 bridgehead atoms. The van der Waals surface area contributed by atoms with Gasteiger partial charge >= 0.3 is 0 Å². The number of hydrogen-bond acceptors (Lipinski definition) is 9. The maximum absolute atomic E-state index is 12.5. The summed E-state index contributed by atoms with van der Waals surface area (Å²) in [4.78, 5) is 22.3. The maximum Gasteiger partial charge on any atom is 0.225 e. The van der Waals surface area contributed by atoms with Crippen molar-refractivity contribution in [2.75, 3.05) is 36.8 Å². The van der Waals surface area contributed by atoms with Crippen molar-refractivity contribution in [3.63, 3.8) is 0 Å². The molecule has 0 saturated heterocycles. The molecule has 4 atom stereocenters.